The van der Waals surface area contributed by atoms with Crippen molar-refractivity contribution in [2.45, 2.75) is 32.1 Å². The van der Waals surface area contributed by atoms with Crippen molar-refractivity contribution in [3.8, 4) is 0 Å². The molecule has 1 aliphatic rings. The lowest BCUT2D eigenvalue weighted by Gasteiger charge is -2.08. The van der Waals surface area contributed by atoms with Crippen molar-refractivity contribution in [2.24, 2.45) is 5.73 Å². The summed E-state index contributed by atoms with van der Waals surface area (Å²) in [6.45, 7) is 0. The summed E-state index contributed by atoms with van der Waals surface area (Å²) < 4.78 is 0. The number of nitrogens with one attached hydrogen (secondary N) is 2. The monoisotopic (exact) mass is 329 g/mol. The molecule has 1 aliphatic carbocycles. The third-order valence-corrected chi connectivity index (χ3v) is 5.13. The van der Waals surface area contributed by atoms with Gasteiger partial charge in [0.25, 0.3) is 5.91 Å². The summed E-state index contributed by atoms with van der Waals surface area (Å²) >= 11 is 1.47. The highest BCUT2D eigenvalue weighted by atomic mass is 32.1. The maximum Gasteiger partial charge on any atom is 0.324 e. The number of carbonyl (C=O) groups is 2. The van der Waals surface area contributed by atoms with Crippen LogP contribution in [0.15, 0.2) is 30.3 Å². The van der Waals surface area contributed by atoms with Gasteiger partial charge in [0.05, 0.1) is 5.56 Å². The van der Waals surface area contributed by atoms with E-state index in [2.05, 4.69) is 10.6 Å². The number of rotatable bonds is 3. The Bertz CT molecular complexity index is 725. The molecule has 0 saturated carbocycles. The normalized spacial score (nSPS) is 13.7. The largest absolute Gasteiger partial charge is 0.365 e. The molecule has 0 saturated heterocycles. The molecule has 0 bridgehead atoms. The molecule has 0 spiro atoms. The van der Waals surface area contributed by atoms with Crippen molar-refractivity contribution in [1.29, 1.82) is 0 Å². The van der Waals surface area contributed by atoms with E-state index < -0.39 is 5.91 Å². The number of carbonyl (C=O) groups excluding carboxylic acids is 2. The molecule has 0 fully saturated rings. The summed E-state index contributed by atoms with van der Waals surface area (Å²) in [6, 6.07) is 8.81. The number of nitrogens with two attached hydrogens (primary N) is 1. The van der Waals surface area contributed by atoms with Crippen molar-refractivity contribution in [3.05, 3.63) is 46.3 Å². The van der Waals surface area contributed by atoms with Crippen LogP contribution in [-0.2, 0) is 12.8 Å². The van der Waals surface area contributed by atoms with Crippen LogP contribution in [0.1, 0.15) is 40.1 Å². The molecule has 0 atom stereocenters. The highest BCUT2D eigenvalue weighted by molar-refractivity contribution is 7.17. The number of hydrogen-bond donors (Lipinski definition) is 3. The molecule has 1 aromatic heterocycles. The summed E-state index contributed by atoms with van der Waals surface area (Å²) in [5, 5.41) is 6.09. The molecular weight excluding hydrogens is 310 g/mol. The summed E-state index contributed by atoms with van der Waals surface area (Å²) in [5.41, 5.74) is 7.76. The molecular formula is C17H19N3O2S. The molecule has 4 N–H and O–H groups in total. The number of para-hydroxylation sites is 1. The van der Waals surface area contributed by atoms with Crippen molar-refractivity contribution in [3.63, 3.8) is 0 Å². The first kappa shape index (κ1) is 15.6. The summed E-state index contributed by atoms with van der Waals surface area (Å²) in [5.74, 6) is -0.473. The quantitative estimate of drug-likeness (QED) is 0.749. The van der Waals surface area contributed by atoms with Crippen molar-refractivity contribution >= 4 is 34.0 Å². The minimum atomic E-state index is -0.473. The summed E-state index contributed by atoms with van der Waals surface area (Å²) in [4.78, 5) is 25.2. The number of fused-ring (bicyclic) bond motifs is 1. The first-order chi connectivity index (χ1) is 11.1. The molecule has 1 aromatic carbocycles. The zero-order valence-electron chi connectivity index (χ0n) is 12.7. The molecule has 2 aromatic rings. The van der Waals surface area contributed by atoms with Crippen molar-refractivity contribution < 1.29 is 9.59 Å². The van der Waals surface area contributed by atoms with Crippen LogP contribution in [0, 0.1) is 0 Å². The fraction of sp³-hybridized carbons (Fsp3) is 0.294. The van der Waals surface area contributed by atoms with Crippen LogP contribution in [0.25, 0.3) is 0 Å². The molecule has 5 nitrogen and oxygen atoms in total. The van der Waals surface area contributed by atoms with E-state index in [9.17, 15) is 9.59 Å². The Kier molecular flexibility index (Phi) is 4.62. The maximum absolute atomic E-state index is 12.2. The lowest BCUT2D eigenvalue weighted by atomic mass is 10.1. The fourth-order valence-corrected chi connectivity index (χ4v) is 4.17. The Morgan fingerprint density at radius 3 is 2.48 bits per heavy atom. The lowest BCUT2D eigenvalue weighted by Crippen LogP contribution is -2.22. The van der Waals surface area contributed by atoms with E-state index in [1.54, 1.807) is 12.1 Å². The van der Waals surface area contributed by atoms with E-state index in [1.165, 1.54) is 16.2 Å². The molecule has 1 heterocycles. The van der Waals surface area contributed by atoms with Crippen LogP contribution in [-0.4, -0.2) is 11.9 Å². The number of amides is 3. The SMILES string of the molecule is NC(=O)c1c(NC(=O)Nc2ccccc2)sc2c1CCCCC2. The van der Waals surface area contributed by atoms with Gasteiger partial charge in [-0.05, 0) is 43.4 Å². The Morgan fingerprint density at radius 1 is 1.00 bits per heavy atom. The lowest BCUT2D eigenvalue weighted by molar-refractivity contribution is 0.100. The minimum absolute atomic E-state index is 0.366. The highest BCUT2D eigenvalue weighted by Gasteiger charge is 2.24. The van der Waals surface area contributed by atoms with Crippen molar-refractivity contribution in [1.82, 2.24) is 0 Å². The number of urea groups is 1. The van der Waals surface area contributed by atoms with E-state index in [1.807, 2.05) is 18.2 Å². The van der Waals surface area contributed by atoms with Gasteiger partial charge in [0.2, 0.25) is 0 Å². The second kappa shape index (κ2) is 6.83. The molecule has 0 aliphatic heterocycles. The number of benzene rings is 1. The van der Waals surface area contributed by atoms with E-state index in [0.29, 0.717) is 16.3 Å². The van der Waals surface area contributed by atoms with E-state index >= 15 is 0 Å². The average molecular weight is 329 g/mol. The first-order valence-corrected chi connectivity index (χ1v) is 8.54. The van der Waals surface area contributed by atoms with Gasteiger partial charge in [-0.3, -0.25) is 10.1 Å². The van der Waals surface area contributed by atoms with Gasteiger partial charge in [-0.15, -0.1) is 11.3 Å². The van der Waals surface area contributed by atoms with Crippen molar-refractivity contribution in [2.75, 3.05) is 10.6 Å². The smallest absolute Gasteiger partial charge is 0.324 e. The van der Waals surface area contributed by atoms with Crippen LogP contribution in [0.2, 0.25) is 0 Å². The summed E-state index contributed by atoms with van der Waals surface area (Å²) in [6.07, 6.45) is 5.13. The van der Waals surface area contributed by atoms with E-state index in [0.717, 1.165) is 37.7 Å². The fourth-order valence-electron chi connectivity index (χ4n) is 2.88. The van der Waals surface area contributed by atoms with E-state index in [4.69, 9.17) is 5.73 Å². The predicted octanol–water partition coefficient (Wildman–Crippen LogP) is 3.76. The highest BCUT2D eigenvalue weighted by Crippen LogP contribution is 2.37. The van der Waals surface area contributed by atoms with Gasteiger partial charge >= 0.3 is 6.03 Å². The molecule has 120 valence electrons. The zero-order chi connectivity index (χ0) is 16.2. The molecule has 6 heteroatoms. The van der Waals surface area contributed by atoms with Crippen LogP contribution in [0.3, 0.4) is 0 Å². The molecule has 3 amide bonds. The molecule has 23 heavy (non-hydrogen) atoms. The zero-order valence-corrected chi connectivity index (χ0v) is 13.5. The standard InChI is InChI=1S/C17H19N3O2S/c18-15(21)14-12-9-5-2-6-10-13(12)23-16(14)20-17(22)19-11-7-3-1-4-8-11/h1,3-4,7-8H,2,5-6,9-10H2,(H2,18,21)(H2,19,20,22). The van der Waals surface area contributed by atoms with Crippen LogP contribution in [0.5, 0.6) is 0 Å². The maximum atomic E-state index is 12.2. The third-order valence-electron chi connectivity index (χ3n) is 3.93. The van der Waals surface area contributed by atoms with Crippen LogP contribution < -0.4 is 16.4 Å². The average Bonchev–Trinajstić information content (AvgIpc) is 2.70. The van der Waals surface area contributed by atoms with Crippen LogP contribution in [0.4, 0.5) is 15.5 Å². The second-order valence-electron chi connectivity index (χ2n) is 5.58. The topological polar surface area (TPSA) is 84.2 Å². The number of thiophene rings is 1. The van der Waals surface area contributed by atoms with E-state index in [-0.39, 0.29) is 6.03 Å². The van der Waals surface area contributed by atoms with Gasteiger partial charge < -0.3 is 11.1 Å². The third kappa shape index (κ3) is 3.53. The van der Waals surface area contributed by atoms with Gasteiger partial charge in [-0.1, -0.05) is 24.6 Å². The molecule has 0 unspecified atom stereocenters. The van der Waals surface area contributed by atoms with Gasteiger partial charge in [0.15, 0.2) is 0 Å². The minimum Gasteiger partial charge on any atom is -0.365 e. The number of primary amides is 1. The van der Waals surface area contributed by atoms with Gasteiger partial charge in [0, 0.05) is 10.6 Å². The van der Waals surface area contributed by atoms with Crippen LogP contribution >= 0.6 is 11.3 Å². The van der Waals surface area contributed by atoms with Gasteiger partial charge in [0.1, 0.15) is 5.00 Å². The predicted molar refractivity (Wildman–Crippen MR) is 93.2 cm³/mol. The number of hydrogen-bond acceptors (Lipinski definition) is 3. The molecule has 0 radical (unpaired) electrons. The Hall–Kier alpha value is -2.34. The number of anilines is 2. The Balaban J connectivity index is 1.82. The summed E-state index contributed by atoms with van der Waals surface area (Å²) in [7, 11) is 0. The second-order valence-corrected chi connectivity index (χ2v) is 6.68. The Morgan fingerprint density at radius 2 is 1.74 bits per heavy atom. The van der Waals surface area contributed by atoms with Gasteiger partial charge in [-0.25, -0.2) is 4.79 Å². The molecule has 3 rings (SSSR count). The Labute approximate surface area is 138 Å². The first-order valence-electron chi connectivity index (χ1n) is 7.72. The number of aryl methyl sites for hydroxylation is 1. The van der Waals surface area contributed by atoms with Gasteiger partial charge in [-0.2, -0.15) is 0 Å².